The predicted octanol–water partition coefficient (Wildman–Crippen LogP) is 0.485. The molecule has 0 aliphatic rings. The zero-order chi connectivity index (χ0) is 14.2. The van der Waals surface area contributed by atoms with E-state index in [0.717, 1.165) is 0 Å². The van der Waals surface area contributed by atoms with Crippen LogP contribution >= 0.6 is 0 Å². The zero-order valence-electron chi connectivity index (χ0n) is 11.5. The number of rotatable bonds is 3. The number of hydrogen-bond acceptors (Lipinski definition) is 6. The van der Waals surface area contributed by atoms with Gasteiger partial charge in [-0.3, -0.25) is 9.36 Å². The normalized spacial score (nSPS) is 11.8. The van der Waals surface area contributed by atoms with Crippen molar-refractivity contribution in [3.05, 3.63) is 39.7 Å². The molecule has 0 bridgehead atoms. The first-order valence-electron chi connectivity index (χ1n) is 5.94. The Bertz CT molecular complexity index is 651. The highest BCUT2D eigenvalue weighted by molar-refractivity contribution is 5.04. The summed E-state index contributed by atoms with van der Waals surface area (Å²) in [6, 6.07) is 1.47. The van der Waals surface area contributed by atoms with Crippen LogP contribution in [-0.4, -0.2) is 19.7 Å². The summed E-state index contributed by atoms with van der Waals surface area (Å²) in [5.74, 6) is 1.36. The molecule has 0 amide bonds. The van der Waals surface area contributed by atoms with E-state index in [1.165, 1.54) is 10.6 Å². The van der Waals surface area contributed by atoms with Crippen LogP contribution in [0.3, 0.4) is 0 Å². The SMILES string of the molecule is Cc1cc(=O)n(Cc2nc(C(C)(C)N)no2)c(C)n1. The fraction of sp³-hybridized carbons (Fsp3) is 0.500. The molecule has 0 radical (unpaired) electrons. The molecule has 0 spiro atoms. The van der Waals surface area contributed by atoms with Crippen molar-refractivity contribution in [3.63, 3.8) is 0 Å². The van der Waals surface area contributed by atoms with Gasteiger partial charge in [0.15, 0.2) is 5.82 Å². The van der Waals surface area contributed by atoms with Crippen LogP contribution < -0.4 is 11.3 Å². The van der Waals surface area contributed by atoms with Gasteiger partial charge in [0.2, 0.25) is 5.89 Å². The first kappa shape index (κ1) is 13.4. The fourth-order valence-corrected chi connectivity index (χ4v) is 1.67. The van der Waals surface area contributed by atoms with E-state index in [1.54, 1.807) is 27.7 Å². The molecule has 7 nitrogen and oxygen atoms in total. The van der Waals surface area contributed by atoms with Crippen LogP contribution in [0.25, 0.3) is 0 Å². The van der Waals surface area contributed by atoms with Crippen LogP contribution in [0.15, 0.2) is 15.4 Å². The number of aryl methyl sites for hydroxylation is 2. The van der Waals surface area contributed by atoms with Crippen molar-refractivity contribution >= 4 is 0 Å². The minimum atomic E-state index is -0.673. The van der Waals surface area contributed by atoms with E-state index >= 15 is 0 Å². The van der Waals surface area contributed by atoms with Gasteiger partial charge in [-0.25, -0.2) is 4.98 Å². The smallest absolute Gasteiger partial charge is 0.254 e. The molecule has 7 heteroatoms. The standard InChI is InChI=1S/C12H17N5O2/c1-7-5-10(18)17(8(2)14-7)6-9-15-11(16-19-9)12(3,4)13/h5H,6,13H2,1-4H3. The summed E-state index contributed by atoms with van der Waals surface area (Å²) in [5.41, 5.74) is 5.75. The van der Waals surface area contributed by atoms with Gasteiger partial charge in [0.05, 0.1) is 5.54 Å². The van der Waals surface area contributed by atoms with Gasteiger partial charge >= 0.3 is 0 Å². The Morgan fingerprint density at radius 2 is 2.05 bits per heavy atom. The summed E-state index contributed by atoms with van der Waals surface area (Å²) < 4.78 is 6.59. The molecule has 0 unspecified atom stereocenters. The molecule has 2 rings (SSSR count). The van der Waals surface area contributed by atoms with Gasteiger partial charge in [-0.1, -0.05) is 5.16 Å². The highest BCUT2D eigenvalue weighted by Crippen LogP contribution is 2.13. The minimum Gasteiger partial charge on any atom is -0.337 e. The number of nitrogens with two attached hydrogens (primary N) is 1. The molecule has 0 aliphatic carbocycles. The highest BCUT2D eigenvalue weighted by atomic mass is 16.5. The summed E-state index contributed by atoms with van der Waals surface area (Å²) in [5, 5.41) is 3.81. The predicted molar refractivity (Wildman–Crippen MR) is 68.6 cm³/mol. The minimum absolute atomic E-state index is 0.142. The summed E-state index contributed by atoms with van der Waals surface area (Å²) >= 11 is 0. The Hall–Kier alpha value is -2.02. The van der Waals surface area contributed by atoms with E-state index in [1.807, 2.05) is 0 Å². The summed E-state index contributed by atoms with van der Waals surface area (Å²) in [7, 11) is 0. The van der Waals surface area contributed by atoms with Gasteiger partial charge in [0.1, 0.15) is 12.4 Å². The highest BCUT2D eigenvalue weighted by Gasteiger charge is 2.21. The Balaban J connectivity index is 2.32. The van der Waals surface area contributed by atoms with Crippen LogP contribution in [0.5, 0.6) is 0 Å². The van der Waals surface area contributed by atoms with E-state index in [4.69, 9.17) is 10.3 Å². The monoisotopic (exact) mass is 263 g/mol. The van der Waals surface area contributed by atoms with Crippen LogP contribution in [-0.2, 0) is 12.1 Å². The first-order valence-corrected chi connectivity index (χ1v) is 5.94. The average molecular weight is 263 g/mol. The summed E-state index contributed by atoms with van der Waals surface area (Å²) in [6.45, 7) is 7.30. The summed E-state index contributed by atoms with van der Waals surface area (Å²) in [4.78, 5) is 20.3. The quantitative estimate of drug-likeness (QED) is 0.864. The third-order valence-electron chi connectivity index (χ3n) is 2.66. The zero-order valence-corrected chi connectivity index (χ0v) is 11.5. The Morgan fingerprint density at radius 1 is 1.37 bits per heavy atom. The summed E-state index contributed by atoms with van der Waals surface area (Å²) in [6.07, 6.45) is 0. The molecule has 2 N–H and O–H groups in total. The van der Waals surface area contributed by atoms with Crippen molar-refractivity contribution in [1.82, 2.24) is 19.7 Å². The van der Waals surface area contributed by atoms with Crippen LogP contribution in [0.4, 0.5) is 0 Å². The van der Waals surface area contributed by atoms with Crippen molar-refractivity contribution in [2.75, 3.05) is 0 Å². The molecule has 0 saturated carbocycles. The van der Waals surface area contributed by atoms with Gasteiger partial charge in [-0.05, 0) is 27.7 Å². The van der Waals surface area contributed by atoms with E-state index in [-0.39, 0.29) is 12.1 Å². The van der Waals surface area contributed by atoms with Gasteiger partial charge in [0, 0.05) is 11.8 Å². The fourth-order valence-electron chi connectivity index (χ4n) is 1.67. The lowest BCUT2D eigenvalue weighted by Gasteiger charge is -2.11. The van der Waals surface area contributed by atoms with Crippen LogP contribution in [0.2, 0.25) is 0 Å². The lowest BCUT2D eigenvalue weighted by atomic mass is 10.1. The molecule has 0 aromatic carbocycles. The molecular formula is C12H17N5O2. The van der Waals surface area contributed by atoms with Crippen LogP contribution in [0, 0.1) is 13.8 Å². The molecule has 2 aromatic heterocycles. The third-order valence-corrected chi connectivity index (χ3v) is 2.66. The second kappa shape index (κ2) is 4.58. The molecule has 0 atom stereocenters. The van der Waals surface area contributed by atoms with Crippen molar-refractivity contribution in [2.24, 2.45) is 5.73 Å². The van der Waals surface area contributed by atoms with E-state index in [2.05, 4.69) is 15.1 Å². The van der Waals surface area contributed by atoms with Crippen molar-refractivity contribution < 1.29 is 4.52 Å². The third kappa shape index (κ3) is 2.87. The van der Waals surface area contributed by atoms with Crippen molar-refractivity contribution in [3.8, 4) is 0 Å². The molecule has 0 fully saturated rings. The molecule has 2 heterocycles. The maximum absolute atomic E-state index is 11.9. The van der Waals surface area contributed by atoms with Gasteiger partial charge < -0.3 is 10.3 Å². The van der Waals surface area contributed by atoms with Gasteiger partial charge in [0.25, 0.3) is 5.56 Å². The lowest BCUT2D eigenvalue weighted by molar-refractivity contribution is 0.352. The molecular weight excluding hydrogens is 246 g/mol. The Labute approximate surface area is 110 Å². The Morgan fingerprint density at radius 3 is 2.58 bits per heavy atom. The largest absolute Gasteiger partial charge is 0.337 e. The second-order valence-electron chi connectivity index (χ2n) is 5.10. The number of hydrogen-bond donors (Lipinski definition) is 1. The number of nitrogens with zero attached hydrogens (tertiary/aromatic N) is 4. The Kier molecular flexibility index (Phi) is 3.23. The maximum Gasteiger partial charge on any atom is 0.254 e. The van der Waals surface area contributed by atoms with Gasteiger partial charge in [-0.15, -0.1) is 0 Å². The number of aromatic nitrogens is 4. The molecule has 0 aliphatic heterocycles. The van der Waals surface area contributed by atoms with E-state index in [9.17, 15) is 4.79 Å². The van der Waals surface area contributed by atoms with E-state index in [0.29, 0.717) is 23.2 Å². The topological polar surface area (TPSA) is 99.8 Å². The first-order chi connectivity index (χ1) is 8.77. The maximum atomic E-state index is 11.9. The molecule has 102 valence electrons. The van der Waals surface area contributed by atoms with Gasteiger partial charge in [-0.2, -0.15) is 4.98 Å². The van der Waals surface area contributed by atoms with Crippen molar-refractivity contribution in [2.45, 2.75) is 39.8 Å². The molecule has 2 aromatic rings. The van der Waals surface area contributed by atoms with E-state index < -0.39 is 5.54 Å². The van der Waals surface area contributed by atoms with Crippen molar-refractivity contribution in [1.29, 1.82) is 0 Å². The second-order valence-corrected chi connectivity index (χ2v) is 5.10. The molecule has 0 saturated heterocycles. The average Bonchev–Trinajstić information content (AvgIpc) is 2.71. The molecule has 19 heavy (non-hydrogen) atoms. The lowest BCUT2D eigenvalue weighted by Crippen LogP contribution is -2.30. The van der Waals surface area contributed by atoms with Crippen LogP contribution in [0.1, 0.15) is 37.1 Å².